The number of carbonyl (C=O) groups is 1. The topological polar surface area (TPSA) is 29.1 Å². The molecule has 0 aliphatic carbocycles. The summed E-state index contributed by atoms with van der Waals surface area (Å²) in [5, 5.41) is 2.67. The fourth-order valence-electron chi connectivity index (χ4n) is 0.947. The predicted molar refractivity (Wildman–Crippen MR) is 53.6 cm³/mol. The molecule has 0 bridgehead atoms. The molecule has 2 nitrogen and oxygen atoms in total. The van der Waals surface area contributed by atoms with Gasteiger partial charge in [0.05, 0.1) is 6.04 Å². The number of carbonyl (C=O) groups excluding carboxylic acids is 1. The lowest BCUT2D eigenvalue weighted by atomic mass is 10.2. The van der Waals surface area contributed by atoms with Gasteiger partial charge in [-0.15, -0.1) is 0 Å². The van der Waals surface area contributed by atoms with E-state index in [0.29, 0.717) is 6.54 Å². The number of halogens is 1. The smallest absolute Gasteiger partial charge is 0.238 e. The van der Waals surface area contributed by atoms with Gasteiger partial charge in [0.25, 0.3) is 0 Å². The van der Waals surface area contributed by atoms with Crippen LogP contribution in [0.5, 0.6) is 0 Å². The first-order valence-corrected chi connectivity index (χ1v) is 4.54. The maximum atomic E-state index is 10.7. The molecular formula is C10H12ClNO. The van der Waals surface area contributed by atoms with Gasteiger partial charge in [-0.05, 0) is 24.1 Å². The lowest BCUT2D eigenvalue weighted by Crippen LogP contribution is -2.30. The Bertz CT molecular complexity index is 274. The number of rotatable bonds is 4. The van der Waals surface area contributed by atoms with Crippen molar-refractivity contribution in [3.8, 4) is 0 Å². The fourth-order valence-corrected chi connectivity index (χ4v) is 1.02. The first kappa shape index (κ1) is 10.2. The van der Waals surface area contributed by atoms with Gasteiger partial charge in [0, 0.05) is 6.54 Å². The zero-order valence-corrected chi connectivity index (χ0v) is 8.21. The Labute approximate surface area is 82.9 Å². The van der Waals surface area contributed by atoms with Crippen LogP contribution in [0.1, 0.15) is 12.5 Å². The molecule has 1 aromatic rings. The number of hydrogen-bond donors (Lipinski definition) is 1. The molecule has 1 aromatic carbocycles. The maximum Gasteiger partial charge on any atom is 0.238 e. The second-order valence-electron chi connectivity index (χ2n) is 2.89. The molecule has 0 unspecified atom stereocenters. The van der Waals surface area contributed by atoms with Crippen LogP contribution in [0.15, 0.2) is 30.3 Å². The first-order chi connectivity index (χ1) is 6.20. The quantitative estimate of drug-likeness (QED) is 0.748. The van der Waals surface area contributed by atoms with Crippen molar-refractivity contribution >= 4 is 16.8 Å². The Morgan fingerprint density at radius 2 is 2.08 bits per heavy atom. The minimum atomic E-state index is -0.351. The van der Waals surface area contributed by atoms with Crippen LogP contribution in [-0.4, -0.2) is 11.3 Å². The Balaban J connectivity index is 2.39. The van der Waals surface area contributed by atoms with E-state index in [-0.39, 0.29) is 11.3 Å². The standard InChI is InChI=1S/C10H12ClNO/c1-8(10(11)13)12-7-9-5-3-2-4-6-9/h2-6,8,12H,7H2,1H3/t8-/m0/s1. The van der Waals surface area contributed by atoms with E-state index < -0.39 is 0 Å². The molecule has 70 valence electrons. The molecule has 0 amide bonds. The normalized spacial score (nSPS) is 12.5. The van der Waals surface area contributed by atoms with E-state index in [2.05, 4.69) is 5.32 Å². The van der Waals surface area contributed by atoms with Gasteiger partial charge in [-0.1, -0.05) is 30.3 Å². The summed E-state index contributed by atoms with van der Waals surface area (Å²) in [6.45, 7) is 2.42. The highest BCUT2D eigenvalue weighted by Crippen LogP contribution is 1.99. The third-order valence-corrected chi connectivity index (χ3v) is 2.12. The van der Waals surface area contributed by atoms with Gasteiger partial charge in [0.2, 0.25) is 5.24 Å². The lowest BCUT2D eigenvalue weighted by molar-refractivity contribution is -0.113. The van der Waals surface area contributed by atoms with Crippen LogP contribution in [0, 0.1) is 0 Å². The Hall–Kier alpha value is -0.860. The minimum absolute atomic E-state index is 0.290. The van der Waals surface area contributed by atoms with Crippen molar-refractivity contribution in [3.63, 3.8) is 0 Å². The zero-order valence-electron chi connectivity index (χ0n) is 7.46. The third kappa shape index (κ3) is 3.57. The summed E-state index contributed by atoms with van der Waals surface area (Å²) in [4.78, 5) is 10.7. The van der Waals surface area contributed by atoms with E-state index in [1.165, 1.54) is 0 Å². The van der Waals surface area contributed by atoms with Crippen molar-refractivity contribution in [2.45, 2.75) is 19.5 Å². The van der Waals surface area contributed by atoms with Gasteiger partial charge >= 0.3 is 0 Å². The van der Waals surface area contributed by atoms with Crippen molar-refractivity contribution in [2.75, 3.05) is 0 Å². The van der Waals surface area contributed by atoms with Crippen LogP contribution in [0.25, 0.3) is 0 Å². The Kier molecular flexibility index (Phi) is 3.93. The molecule has 0 heterocycles. The van der Waals surface area contributed by atoms with E-state index >= 15 is 0 Å². The van der Waals surface area contributed by atoms with Gasteiger partial charge in [0.15, 0.2) is 0 Å². The summed E-state index contributed by atoms with van der Waals surface area (Å²) in [6.07, 6.45) is 0. The summed E-state index contributed by atoms with van der Waals surface area (Å²) in [6, 6.07) is 9.59. The number of nitrogens with one attached hydrogen (secondary N) is 1. The van der Waals surface area contributed by atoms with E-state index in [9.17, 15) is 4.79 Å². The summed E-state index contributed by atoms with van der Waals surface area (Å²) in [5.74, 6) is 0. The van der Waals surface area contributed by atoms with Crippen molar-refractivity contribution in [3.05, 3.63) is 35.9 Å². The van der Waals surface area contributed by atoms with Crippen molar-refractivity contribution in [1.29, 1.82) is 0 Å². The van der Waals surface area contributed by atoms with Crippen molar-refractivity contribution in [2.24, 2.45) is 0 Å². The van der Waals surface area contributed by atoms with Gasteiger partial charge in [-0.3, -0.25) is 4.79 Å². The fraction of sp³-hybridized carbons (Fsp3) is 0.300. The van der Waals surface area contributed by atoms with Crippen LogP contribution in [-0.2, 0) is 11.3 Å². The average molecular weight is 198 g/mol. The molecule has 0 spiro atoms. The van der Waals surface area contributed by atoms with Crippen molar-refractivity contribution in [1.82, 2.24) is 5.32 Å². The van der Waals surface area contributed by atoms with Crippen LogP contribution in [0.2, 0.25) is 0 Å². The third-order valence-electron chi connectivity index (χ3n) is 1.80. The average Bonchev–Trinajstić information content (AvgIpc) is 2.15. The molecule has 0 aromatic heterocycles. The number of benzene rings is 1. The summed E-state index contributed by atoms with van der Waals surface area (Å²) < 4.78 is 0. The van der Waals surface area contributed by atoms with Gasteiger partial charge in [-0.25, -0.2) is 0 Å². The predicted octanol–water partition coefficient (Wildman–Crippen LogP) is 1.93. The van der Waals surface area contributed by atoms with Crippen LogP contribution < -0.4 is 5.32 Å². The molecule has 0 saturated heterocycles. The molecule has 0 fully saturated rings. The molecule has 0 radical (unpaired) electrons. The highest BCUT2D eigenvalue weighted by atomic mass is 35.5. The maximum absolute atomic E-state index is 10.7. The largest absolute Gasteiger partial charge is 0.303 e. The van der Waals surface area contributed by atoms with E-state index in [1.54, 1.807) is 6.92 Å². The monoisotopic (exact) mass is 197 g/mol. The molecule has 3 heteroatoms. The van der Waals surface area contributed by atoms with E-state index in [4.69, 9.17) is 11.6 Å². The molecule has 0 aliphatic heterocycles. The van der Waals surface area contributed by atoms with Crippen LogP contribution in [0.3, 0.4) is 0 Å². The summed E-state index contributed by atoms with van der Waals surface area (Å²) >= 11 is 5.29. The second kappa shape index (κ2) is 5.00. The van der Waals surface area contributed by atoms with Crippen LogP contribution in [0.4, 0.5) is 0 Å². The highest BCUT2D eigenvalue weighted by molar-refractivity contribution is 6.64. The molecule has 1 atom stereocenters. The highest BCUT2D eigenvalue weighted by Gasteiger charge is 2.07. The van der Waals surface area contributed by atoms with Crippen LogP contribution >= 0.6 is 11.6 Å². The van der Waals surface area contributed by atoms with E-state index in [1.807, 2.05) is 30.3 Å². The van der Waals surface area contributed by atoms with Gasteiger partial charge in [0.1, 0.15) is 0 Å². The minimum Gasteiger partial charge on any atom is -0.303 e. The molecule has 1 rings (SSSR count). The number of hydrogen-bond acceptors (Lipinski definition) is 2. The lowest BCUT2D eigenvalue weighted by Gasteiger charge is -2.08. The second-order valence-corrected chi connectivity index (χ2v) is 3.26. The Morgan fingerprint density at radius 3 is 2.62 bits per heavy atom. The van der Waals surface area contributed by atoms with Gasteiger partial charge in [-0.2, -0.15) is 0 Å². The SMILES string of the molecule is C[C@H](NCc1ccccc1)C(=O)Cl. The van der Waals surface area contributed by atoms with E-state index in [0.717, 1.165) is 5.56 Å². The molecule has 0 saturated carbocycles. The zero-order chi connectivity index (χ0) is 9.68. The molecule has 13 heavy (non-hydrogen) atoms. The van der Waals surface area contributed by atoms with Crippen molar-refractivity contribution < 1.29 is 4.79 Å². The molecule has 1 N–H and O–H groups in total. The molecular weight excluding hydrogens is 186 g/mol. The first-order valence-electron chi connectivity index (χ1n) is 4.17. The molecule has 0 aliphatic rings. The Morgan fingerprint density at radius 1 is 1.46 bits per heavy atom. The summed E-state index contributed by atoms with van der Waals surface area (Å²) in [7, 11) is 0. The summed E-state index contributed by atoms with van der Waals surface area (Å²) in [5.41, 5.74) is 1.15. The van der Waals surface area contributed by atoms with Gasteiger partial charge < -0.3 is 5.32 Å².